The van der Waals surface area contributed by atoms with E-state index in [2.05, 4.69) is 17.6 Å². The third-order valence-corrected chi connectivity index (χ3v) is 6.52. The average Bonchev–Trinajstić information content (AvgIpc) is 3.32. The fraction of sp³-hybridized carbons (Fsp3) is 0.655. The van der Waals surface area contributed by atoms with Crippen LogP contribution in [0.25, 0.3) is 0 Å². The van der Waals surface area contributed by atoms with Crippen LogP contribution >= 0.6 is 0 Å². The van der Waals surface area contributed by atoms with Crippen LogP contribution in [0, 0.1) is 0 Å². The highest BCUT2D eigenvalue weighted by molar-refractivity contribution is 5.68. The molecule has 1 unspecified atom stereocenters. The van der Waals surface area contributed by atoms with Crippen molar-refractivity contribution in [3.63, 3.8) is 0 Å². The molecule has 3 aliphatic rings. The molecule has 4 rings (SSSR count). The first-order chi connectivity index (χ1) is 18.1. The van der Waals surface area contributed by atoms with E-state index in [0.717, 1.165) is 11.3 Å². The summed E-state index contributed by atoms with van der Waals surface area (Å²) in [6.45, 7) is 16.9. The Kier molecular flexibility index (Phi) is 8.11. The second-order valence-electron chi connectivity index (χ2n) is 11.9. The van der Waals surface area contributed by atoms with Gasteiger partial charge >= 0.3 is 6.09 Å². The Labute approximate surface area is 230 Å². The minimum Gasteiger partial charge on any atom is -0.497 e. The lowest BCUT2D eigenvalue weighted by molar-refractivity contribution is -0.329. The fourth-order valence-electron chi connectivity index (χ4n) is 4.96. The van der Waals surface area contributed by atoms with Gasteiger partial charge in [0.05, 0.1) is 13.7 Å². The molecule has 10 heteroatoms. The van der Waals surface area contributed by atoms with Gasteiger partial charge in [-0.1, -0.05) is 24.4 Å². The number of hydrogen-bond acceptors (Lipinski definition) is 9. The summed E-state index contributed by atoms with van der Waals surface area (Å²) >= 11 is 0. The van der Waals surface area contributed by atoms with Gasteiger partial charge in [0, 0.05) is 6.42 Å². The maximum Gasteiger partial charge on any atom is 0.408 e. The van der Waals surface area contributed by atoms with Crippen molar-refractivity contribution in [1.82, 2.24) is 5.32 Å². The third-order valence-electron chi connectivity index (χ3n) is 6.52. The molecule has 3 heterocycles. The van der Waals surface area contributed by atoms with Crippen molar-refractivity contribution in [3.05, 3.63) is 47.9 Å². The van der Waals surface area contributed by atoms with Crippen molar-refractivity contribution in [2.45, 2.75) is 102 Å². The van der Waals surface area contributed by atoms with Crippen LogP contribution in [-0.2, 0) is 39.6 Å². The van der Waals surface area contributed by atoms with Gasteiger partial charge in [0.15, 0.2) is 23.4 Å². The smallest absolute Gasteiger partial charge is 0.408 e. The van der Waals surface area contributed by atoms with Crippen LogP contribution in [0.1, 0.15) is 54.0 Å². The van der Waals surface area contributed by atoms with Crippen LogP contribution in [0.3, 0.4) is 0 Å². The maximum atomic E-state index is 12.9. The van der Waals surface area contributed by atoms with E-state index in [0.29, 0.717) is 6.42 Å². The van der Waals surface area contributed by atoms with Crippen molar-refractivity contribution < 1.29 is 42.7 Å². The number of hydrogen-bond donors (Lipinski definition) is 1. The minimum absolute atomic E-state index is 0.116. The summed E-state index contributed by atoms with van der Waals surface area (Å²) < 4.78 is 48.2. The van der Waals surface area contributed by atoms with Crippen LogP contribution in [0.15, 0.2) is 42.3 Å². The molecule has 1 amide bonds. The highest BCUT2D eigenvalue weighted by atomic mass is 16.9. The molecule has 0 radical (unpaired) electrons. The lowest BCUT2D eigenvalue weighted by atomic mass is 9.96. The second kappa shape index (κ2) is 10.8. The summed E-state index contributed by atoms with van der Waals surface area (Å²) in [5.74, 6) is -2.03. The number of methoxy groups -OCH3 is 1. The minimum atomic E-state index is -1.27. The zero-order valence-electron chi connectivity index (χ0n) is 24.1. The third kappa shape index (κ3) is 6.95. The molecule has 0 bridgehead atoms. The largest absolute Gasteiger partial charge is 0.497 e. The van der Waals surface area contributed by atoms with Crippen LogP contribution in [0.2, 0.25) is 0 Å². The number of carbonyl (C=O) groups excluding carboxylic acids is 1. The standard InChI is InChI=1S/C29H41NO9/c1-10-21(20(30-25(31)38-26(2,3)4)15-18-11-13-19(32-9)14-12-18)35-24-23-22(36-28(7,8)37-23)16-33-29(24)17-34-27(5,6)39-29/h11-14,20,22-24H,1,15-17H2,2-9H3,(H,30,31)/t20?,22-,23-,24+,29+/m1/s1. The van der Waals surface area contributed by atoms with Gasteiger partial charge in [0.2, 0.25) is 5.79 Å². The number of fused-ring (bicyclic) bond motifs is 1. The predicted octanol–water partition coefficient (Wildman–Crippen LogP) is 4.21. The van der Waals surface area contributed by atoms with E-state index in [9.17, 15) is 4.79 Å². The zero-order chi connectivity index (χ0) is 28.6. The van der Waals surface area contributed by atoms with E-state index >= 15 is 0 Å². The number of alkyl carbamates (subject to hydrolysis) is 1. The number of carbonyl (C=O) groups is 1. The molecule has 0 saturated carbocycles. The Morgan fingerprint density at radius 2 is 1.82 bits per heavy atom. The monoisotopic (exact) mass is 547 g/mol. The molecule has 1 aromatic rings. The number of ether oxygens (including phenoxy) is 8. The number of rotatable bonds is 7. The summed E-state index contributed by atoms with van der Waals surface area (Å²) in [4.78, 5) is 12.9. The summed E-state index contributed by atoms with van der Waals surface area (Å²) in [6.07, 6.45) is -2.00. The maximum absolute atomic E-state index is 12.9. The Morgan fingerprint density at radius 3 is 2.38 bits per heavy atom. The lowest BCUT2D eigenvalue weighted by Gasteiger charge is -2.44. The molecular weight excluding hydrogens is 506 g/mol. The molecule has 3 aliphatic heterocycles. The van der Waals surface area contributed by atoms with Crippen molar-refractivity contribution in [2.75, 3.05) is 20.3 Å². The SMILES string of the molecule is C=C=C(O[C@H]1[C@@H]2OC(C)(C)O[C@@H]2CO[C@]12COC(C)(C)O2)C(Cc1ccc(OC)cc1)NC(=O)OC(C)(C)C. The highest BCUT2D eigenvalue weighted by Crippen LogP contribution is 2.46. The van der Waals surface area contributed by atoms with Gasteiger partial charge in [-0.25, -0.2) is 4.79 Å². The van der Waals surface area contributed by atoms with E-state index in [1.165, 1.54) is 0 Å². The van der Waals surface area contributed by atoms with E-state index in [1.807, 2.05) is 52.0 Å². The molecule has 39 heavy (non-hydrogen) atoms. The van der Waals surface area contributed by atoms with Gasteiger partial charge in [-0.3, -0.25) is 0 Å². The van der Waals surface area contributed by atoms with Crippen LogP contribution in [0.4, 0.5) is 4.79 Å². The number of benzene rings is 1. The molecule has 5 atom stereocenters. The van der Waals surface area contributed by atoms with E-state index in [4.69, 9.17) is 37.9 Å². The topological polar surface area (TPSA) is 103 Å². The summed E-state index contributed by atoms with van der Waals surface area (Å²) in [6, 6.07) is 6.84. The van der Waals surface area contributed by atoms with Crippen molar-refractivity contribution in [2.24, 2.45) is 0 Å². The molecule has 3 saturated heterocycles. The Morgan fingerprint density at radius 1 is 1.13 bits per heavy atom. The first kappa shape index (κ1) is 29.4. The molecule has 1 spiro atoms. The molecule has 10 nitrogen and oxygen atoms in total. The quantitative estimate of drug-likeness (QED) is 0.397. The summed E-state index contributed by atoms with van der Waals surface area (Å²) in [5, 5.41) is 2.92. The molecule has 1 N–H and O–H groups in total. The molecule has 0 aromatic heterocycles. The second-order valence-corrected chi connectivity index (χ2v) is 11.9. The van der Waals surface area contributed by atoms with Crippen molar-refractivity contribution in [1.29, 1.82) is 0 Å². The van der Waals surface area contributed by atoms with E-state index in [-0.39, 0.29) is 19.0 Å². The highest BCUT2D eigenvalue weighted by Gasteiger charge is 2.64. The molecular formula is C29H41NO9. The average molecular weight is 548 g/mol. The van der Waals surface area contributed by atoms with Gasteiger partial charge in [-0.2, -0.15) is 0 Å². The number of amides is 1. The predicted molar refractivity (Wildman–Crippen MR) is 141 cm³/mol. The molecule has 1 aromatic carbocycles. The van der Waals surface area contributed by atoms with Crippen LogP contribution in [0.5, 0.6) is 5.75 Å². The normalized spacial score (nSPS) is 29.7. The Hall–Kier alpha value is -2.59. The van der Waals surface area contributed by atoms with Gasteiger partial charge < -0.3 is 43.2 Å². The summed E-state index contributed by atoms with van der Waals surface area (Å²) in [5.41, 5.74) is 3.12. The zero-order valence-corrected chi connectivity index (χ0v) is 24.1. The first-order valence-electron chi connectivity index (χ1n) is 13.2. The summed E-state index contributed by atoms with van der Waals surface area (Å²) in [7, 11) is 1.61. The molecule has 3 fully saturated rings. The van der Waals surface area contributed by atoms with Gasteiger partial charge in [0.25, 0.3) is 0 Å². The van der Waals surface area contributed by atoms with E-state index in [1.54, 1.807) is 27.9 Å². The van der Waals surface area contributed by atoms with Gasteiger partial charge in [-0.15, -0.1) is 0 Å². The molecule has 216 valence electrons. The van der Waals surface area contributed by atoms with E-state index < -0.39 is 53.4 Å². The van der Waals surface area contributed by atoms with Gasteiger partial charge in [0.1, 0.15) is 36.2 Å². The Bertz CT molecular complexity index is 1080. The fourth-order valence-corrected chi connectivity index (χ4v) is 4.96. The Balaban J connectivity index is 1.65. The van der Waals surface area contributed by atoms with Crippen molar-refractivity contribution >= 4 is 6.09 Å². The first-order valence-corrected chi connectivity index (χ1v) is 13.2. The van der Waals surface area contributed by atoms with Crippen molar-refractivity contribution in [3.8, 4) is 5.75 Å². The number of nitrogens with one attached hydrogen (secondary N) is 1. The molecule has 0 aliphatic carbocycles. The van der Waals surface area contributed by atoms with Crippen LogP contribution < -0.4 is 10.1 Å². The van der Waals surface area contributed by atoms with Crippen LogP contribution in [-0.4, -0.2) is 73.7 Å². The lowest BCUT2D eigenvalue weighted by Crippen LogP contribution is -2.63. The van der Waals surface area contributed by atoms with Gasteiger partial charge in [-0.05, 0) is 66.2 Å².